The molecule has 0 aromatic carbocycles. The first-order chi connectivity index (χ1) is 7.04. The molecule has 3 heteroatoms. The Morgan fingerprint density at radius 3 is 2.40 bits per heavy atom. The smallest absolute Gasteiger partial charge is 0.222 e. The molecule has 0 aliphatic rings. The Kier molecular flexibility index (Phi) is 4.06. The molecule has 0 amide bonds. The molecule has 0 radical (unpaired) electrons. The number of nitrogens with one attached hydrogen (secondary N) is 1. The summed E-state index contributed by atoms with van der Waals surface area (Å²) in [6, 6.07) is 0. The second-order valence-corrected chi connectivity index (χ2v) is 4.60. The summed E-state index contributed by atoms with van der Waals surface area (Å²) in [6.07, 6.45) is 2.96. The Balaban J connectivity index is 3.05. The largest absolute Gasteiger partial charge is 0.357 e. The van der Waals surface area contributed by atoms with Crippen molar-refractivity contribution in [3.8, 4) is 0 Å². The number of anilines is 1. The zero-order valence-electron chi connectivity index (χ0n) is 10.3. The lowest BCUT2D eigenvalue weighted by Gasteiger charge is -2.14. The van der Waals surface area contributed by atoms with E-state index in [-0.39, 0.29) is 0 Å². The zero-order valence-corrected chi connectivity index (χ0v) is 10.3. The second kappa shape index (κ2) is 5.10. The van der Waals surface area contributed by atoms with E-state index in [0.717, 1.165) is 12.4 Å². The third-order valence-corrected chi connectivity index (χ3v) is 2.35. The fourth-order valence-electron chi connectivity index (χ4n) is 1.58. The van der Waals surface area contributed by atoms with E-state index in [1.165, 1.54) is 11.3 Å². The molecule has 84 valence electrons. The lowest BCUT2D eigenvalue weighted by atomic mass is 9.98. The van der Waals surface area contributed by atoms with E-state index in [1.807, 2.05) is 13.2 Å². The van der Waals surface area contributed by atoms with Crippen molar-refractivity contribution < 1.29 is 0 Å². The van der Waals surface area contributed by atoms with Gasteiger partial charge in [0, 0.05) is 18.9 Å². The maximum atomic E-state index is 4.53. The van der Waals surface area contributed by atoms with Crippen molar-refractivity contribution in [2.45, 2.75) is 40.0 Å². The predicted molar refractivity (Wildman–Crippen MR) is 64.2 cm³/mol. The van der Waals surface area contributed by atoms with Crippen LogP contribution in [0, 0.1) is 5.92 Å². The van der Waals surface area contributed by atoms with Crippen molar-refractivity contribution >= 4 is 5.95 Å². The van der Waals surface area contributed by atoms with Crippen LogP contribution < -0.4 is 5.32 Å². The van der Waals surface area contributed by atoms with Crippen molar-refractivity contribution in [2.24, 2.45) is 5.92 Å². The predicted octanol–water partition coefficient (Wildman–Crippen LogP) is 2.84. The molecule has 1 heterocycles. The summed E-state index contributed by atoms with van der Waals surface area (Å²) in [5, 5.41) is 2.98. The van der Waals surface area contributed by atoms with E-state index >= 15 is 0 Å². The third-order valence-electron chi connectivity index (χ3n) is 2.35. The Hall–Kier alpha value is -1.12. The van der Waals surface area contributed by atoms with Crippen LogP contribution >= 0.6 is 0 Å². The SMILES string of the molecule is CNc1ncc(C(C)C)c(CC(C)C)n1. The molecule has 1 N–H and O–H groups in total. The number of hydrogen-bond acceptors (Lipinski definition) is 3. The second-order valence-electron chi connectivity index (χ2n) is 4.60. The number of hydrogen-bond donors (Lipinski definition) is 1. The standard InChI is InChI=1S/C12H21N3/c1-8(2)6-11-10(9(3)4)7-14-12(13-5)15-11/h7-9H,6H2,1-5H3,(H,13,14,15). The van der Waals surface area contributed by atoms with Gasteiger partial charge in [-0.3, -0.25) is 0 Å². The van der Waals surface area contributed by atoms with Gasteiger partial charge in [-0.25, -0.2) is 9.97 Å². The first-order valence-electron chi connectivity index (χ1n) is 5.58. The van der Waals surface area contributed by atoms with E-state index < -0.39 is 0 Å². The minimum atomic E-state index is 0.490. The number of nitrogens with zero attached hydrogens (tertiary/aromatic N) is 2. The first-order valence-corrected chi connectivity index (χ1v) is 5.58. The zero-order chi connectivity index (χ0) is 11.4. The highest BCUT2D eigenvalue weighted by molar-refractivity contribution is 5.30. The van der Waals surface area contributed by atoms with Gasteiger partial charge in [0.2, 0.25) is 5.95 Å². The van der Waals surface area contributed by atoms with Gasteiger partial charge in [-0.1, -0.05) is 27.7 Å². The highest BCUT2D eigenvalue weighted by Crippen LogP contribution is 2.20. The average molecular weight is 207 g/mol. The molecule has 0 bridgehead atoms. The normalized spacial score (nSPS) is 11.1. The van der Waals surface area contributed by atoms with Crippen LogP contribution in [0.15, 0.2) is 6.20 Å². The summed E-state index contributed by atoms with van der Waals surface area (Å²) in [7, 11) is 1.85. The summed E-state index contributed by atoms with van der Waals surface area (Å²) in [4.78, 5) is 8.79. The Labute approximate surface area is 92.3 Å². The summed E-state index contributed by atoms with van der Waals surface area (Å²) in [5.41, 5.74) is 2.45. The van der Waals surface area contributed by atoms with Gasteiger partial charge in [0.1, 0.15) is 0 Å². The lowest BCUT2D eigenvalue weighted by Crippen LogP contribution is -2.08. The van der Waals surface area contributed by atoms with Gasteiger partial charge in [-0.2, -0.15) is 0 Å². The molecule has 0 saturated carbocycles. The van der Waals surface area contributed by atoms with Crippen LogP contribution in [0.2, 0.25) is 0 Å². The Morgan fingerprint density at radius 1 is 1.27 bits per heavy atom. The van der Waals surface area contributed by atoms with E-state index in [2.05, 4.69) is 43.0 Å². The van der Waals surface area contributed by atoms with E-state index in [0.29, 0.717) is 11.8 Å². The summed E-state index contributed by atoms with van der Waals surface area (Å²) >= 11 is 0. The van der Waals surface area contributed by atoms with Crippen LogP contribution in [0.5, 0.6) is 0 Å². The number of rotatable bonds is 4. The first kappa shape index (κ1) is 12.0. The van der Waals surface area contributed by atoms with Gasteiger partial charge in [-0.15, -0.1) is 0 Å². The van der Waals surface area contributed by atoms with Gasteiger partial charge in [0.15, 0.2) is 0 Å². The van der Waals surface area contributed by atoms with E-state index in [9.17, 15) is 0 Å². The van der Waals surface area contributed by atoms with Gasteiger partial charge in [-0.05, 0) is 23.8 Å². The molecule has 0 spiro atoms. The Bertz CT molecular complexity index is 319. The van der Waals surface area contributed by atoms with Crippen LogP contribution in [-0.4, -0.2) is 17.0 Å². The van der Waals surface area contributed by atoms with Crippen molar-refractivity contribution in [2.75, 3.05) is 12.4 Å². The van der Waals surface area contributed by atoms with Crippen molar-refractivity contribution in [1.29, 1.82) is 0 Å². The maximum absolute atomic E-state index is 4.53. The molecule has 0 aliphatic carbocycles. The van der Waals surface area contributed by atoms with Gasteiger partial charge in [0.25, 0.3) is 0 Å². The van der Waals surface area contributed by atoms with Crippen LogP contribution in [0.3, 0.4) is 0 Å². The fourth-order valence-corrected chi connectivity index (χ4v) is 1.58. The lowest BCUT2D eigenvalue weighted by molar-refractivity contribution is 0.623. The molecule has 15 heavy (non-hydrogen) atoms. The monoisotopic (exact) mass is 207 g/mol. The molecule has 1 aromatic rings. The molecule has 0 unspecified atom stereocenters. The minimum Gasteiger partial charge on any atom is -0.357 e. The molecule has 0 fully saturated rings. The maximum Gasteiger partial charge on any atom is 0.222 e. The molecule has 3 nitrogen and oxygen atoms in total. The summed E-state index contributed by atoms with van der Waals surface area (Å²) in [5.74, 6) is 1.84. The van der Waals surface area contributed by atoms with Crippen molar-refractivity contribution in [1.82, 2.24) is 9.97 Å². The summed E-state index contributed by atoms with van der Waals surface area (Å²) in [6.45, 7) is 8.79. The van der Waals surface area contributed by atoms with Crippen molar-refractivity contribution in [3.05, 3.63) is 17.5 Å². The molecule has 0 aliphatic heterocycles. The Morgan fingerprint density at radius 2 is 1.93 bits per heavy atom. The van der Waals surface area contributed by atoms with Crippen LogP contribution in [0.4, 0.5) is 5.95 Å². The quantitative estimate of drug-likeness (QED) is 0.825. The minimum absolute atomic E-state index is 0.490. The molecule has 0 atom stereocenters. The molecule has 1 rings (SSSR count). The van der Waals surface area contributed by atoms with Crippen LogP contribution in [0.1, 0.15) is 44.9 Å². The number of aromatic nitrogens is 2. The molecule has 1 aromatic heterocycles. The van der Waals surface area contributed by atoms with Gasteiger partial charge in [0.05, 0.1) is 0 Å². The molecule has 0 saturated heterocycles. The van der Waals surface area contributed by atoms with Gasteiger partial charge < -0.3 is 5.32 Å². The van der Waals surface area contributed by atoms with Crippen LogP contribution in [-0.2, 0) is 6.42 Å². The summed E-state index contributed by atoms with van der Waals surface area (Å²) < 4.78 is 0. The molecular formula is C12H21N3. The fraction of sp³-hybridized carbons (Fsp3) is 0.667. The van der Waals surface area contributed by atoms with Crippen molar-refractivity contribution in [3.63, 3.8) is 0 Å². The highest BCUT2D eigenvalue weighted by Gasteiger charge is 2.11. The average Bonchev–Trinajstić information content (AvgIpc) is 2.16. The van der Waals surface area contributed by atoms with Gasteiger partial charge >= 0.3 is 0 Å². The van der Waals surface area contributed by atoms with Crippen LogP contribution in [0.25, 0.3) is 0 Å². The van der Waals surface area contributed by atoms with E-state index in [1.54, 1.807) is 0 Å². The van der Waals surface area contributed by atoms with E-state index in [4.69, 9.17) is 0 Å². The third kappa shape index (κ3) is 3.18. The topological polar surface area (TPSA) is 37.8 Å². The highest BCUT2D eigenvalue weighted by atomic mass is 15.1. The molecular weight excluding hydrogens is 186 g/mol.